The number of benzene rings is 2. The SMILES string of the molecule is CCOc1ccc(N2C(=O)/C(=C/C=C/c3ccccc3[N+](=O)[O-])SC2=S)cc1. The molecule has 1 aliphatic heterocycles. The summed E-state index contributed by atoms with van der Waals surface area (Å²) in [7, 11) is 0. The van der Waals surface area contributed by atoms with Crippen LogP contribution in [-0.4, -0.2) is 21.8 Å². The molecule has 8 heteroatoms. The molecular formula is C20H16N2O4S2. The Bertz CT molecular complexity index is 984. The summed E-state index contributed by atoms with van der Waals surface area (Å²) in [5.74, 6) is 0.492. The molecule has 1 heterocycles. The predicted molar refractivity (Wildman–Crippen MR) is 115 cm³/mol. The van der Waals surface area contributed by atoms with Gasteiger partial charge in [0.1, 0.15) is 5.75 Å². The Hall–Kier alpha value is -2.97. The number of carbonyl (C=O) groups is 1. The van der Waals surface area contributed by atoms with E-state index in [1.54, 1.807) is 60.7 Å². The maximum Gasteiger partial charge on any atom is 0.276 e. The molecule has 142 valence electrons. The Morgan fingerprint density at radius 2 is 1.93 bits per heavy atom. The highest BCUT2D eigenvalue weighted by molar-refractivity contribution is 8.27. The molecule has 0 radical (unpaired) electrons. The fourth-order valence-corrected chi connectivity index (χ4v) is 3.85. The quantitative estimate of drug-likeness (QED) is 0.289. The normalized spacial score (nSPS) is 15.6. The number of nitro benzene ring substituents is 1. The zero-order valence-electron chi connectivity index (χ0n) is 14.9. The molecule has 0 N–H and O–H groups in total. The molecule has 0 spiro atoms. The van der Waals surface area contributed by atoms with E-state index in [1.807, 2.05) is 6.92 Å². The summed E-state index contributed by atoms with van der Waals surface area (Å²) < 4.78 is 5.84. The average Bonchev–Trinajstić information content (AvgIpc) is 2.96. The van der Waals surface area contributed by atoms with Crippen molar-refractivity contribution in [2.45, 2.75) is 6.92 Å². The van der Waals surface area contributed by atoms with Crippen LogP contribution in [0.4, 0.5) is 11.4 Å². The number of amides is 1. The lowest BCUT2D eigenvalue weighted by Crippen LogP contribution is -2.27. The van der Waals surface area contributed by atoms with Crippen LogP contribution in [0, 0.1) is 10.1 Å². The van der Waals surface area contributed by atoms with E-state index in [0.717, 1.165) is 5.75 Å². The molecule has 6 nitrogen and oxygen atoms in total. The predicted octanol–water partition coefficient (Wildman–Crippen LogP) is 4.96. The van der Waals surface area contributed by atoms with Gasteiger partial charge in [-0.25, -0.2) is 0 Å². The molecule has 1 aliphatic rings. The Morgan fingerprint density at radius 1 is 1.21 bits per heavy atom. The molecule has 2 aromatic rings. The highest BCUT2D eigenvalue weighted by Crippen LogP contribution is 2.35. The van der Waals surface area contributed by atoms with Crippen molar-refractivity contribution in [3.05, 3.63) is 81.3 Å². The zero-order valence-corrected chi connectivity index (χ0v) is 16.5. The molecule has 0 bridgehead atoms. The molecule has 1 amide bonds. The Labute approximate surface area is 171 Å². The summed E-state index contributed by atoms with van der Waals surface area (Å²) in [4.78, 5) is 25.3. The van der Waals surface area contributed by atoms with Crippen LogP contribution in [0.3, 0.4) is 0 Å². The van der Waals surface area contributed by atoms with Crippen molar-refractivity contribution in [3.63, 3.8) is 0 Å². The molecule has 1 saturated heterocycles. The van der Waals surface area contributed by atoms with Gasteiger partial charge >= 0.3 is 0 Å². The van der Waals surface area contributed by atoms with Crippen LogP contribution in [0.1, 0.15) is 12.5 Å². The van der Waals surface area contributed by atoms with Gasteiger partial charge in [-0.3, -0.25) is 19.8 Å². The molecule has 0 unspecified atom stereocenters. The fraction of sp³-hybridized carbons (Fsp3) is 0.100. The maximum atomic E-state index is 12.7. The molecule has 1 fully saturated rings. The van der Waals surface area contributed by atoms with Gasteiger partial charge in [0, 0.05) is 6.07 Å². The van der Waals surface area contributed by atoms with Gasteiger partial charge in [0.15, 0.2) is 4.32 Å². The number of anilines is 1. The van der Waals surface area contributed by atoms with Gasteiger partial charge in [-0.05, 0) is 49.4 Å². The average molecular weight is 412 g/mol. The minimum absolute atomic E-state index is 0.00841. The Morgan fingerprint density at radius 3 is 2.61 bits per heavy atom. The second kappa shape index (κ2) is 8.81. The van der Waals surface area contributed by atoms with E-state index in [4.69, 9.17) is 17.0 Å². The largest absolute Gasteiger partial charge is 0.494 e. The number of carbonyl (C=O) groups excluding carboxylic acids is 1. The van der Waals surface area contributed by atoms with Crippen LogP contribution in [0.2, 0.25) is 0 Å². The van der Waals surface area contributed by atoms with Crippen molar-refractivity contribution in [1.29, 1.82) is 0 Å². The molecule has 0 atom stereocenters. The Kier molecular flexibility index (Phi) is 6.23. The van der Waals surface area contributed by atoms with Gasteiger partial charge in [0.2, 0.25) is 0 Å². The van der Waals surface area contributed by atoms with Gasteiger partial charge in [-0.1, -0.05) is 42.2 Å². The molecule has 0 aliphatic carbocycles. The van der Waals surface area contributed by atoms with Crippen molar-refractivity contribution in [2.24, 2.45) is 0 Å². The van der Waals surface area contributed by atoms with E-state index in [1.165, 1.54) is 22.7 Å². The van der Waals surface area contributed by atoms with E-state index >= 15 is 0 Å². The summed E-state index contributed by atoms with van der Waals surface area (Å²) in [6.45, 7) is 2.47. The Balaban J connectivity index is 1.79. The third-order valence-corrected chi connectivity index (χ3v) is 5.18. The summed E-state index contributed by atoms with van der Waals surface area (Å²) in [5.41, 5.74) is 1.14. The smallest absolute Gasteiger partial charge is 0.276 e. The number of nitro groups is 1. The first-order valence-electron chi connectivity index (χ1n) is 8.42. The van der Waals surface area contributed by atoms with Crippen LogP contribution < -0.4 is 9.64 Å². The van der Waals surface area contributed by atoms with Crippen LogP contribution in [0.25, 0.3) is 6.08 Å². The van der Waals surface area contributed by atoms with Gasteiger partial charge in [-0.2, -0.15) is 0 Å². The number of allylic oxidation sites excluding steroid dienone is 2. The van der Waals surface area contributed by atoms with Gasteiger partial charge in [0.05, 0.1) is 27.7 Å². The molecular weight excluding hydrogens is 396 g/mol. The number of rotatable bonds is 6. The first kappa shape index (κ1) is 19.8. The monoisotopic (exact) mass is 412 g/mol. The van der Waals surface area contributed by atoms with E-state index in [-0.39, 0.29) is 11.6 Å². The number of nitrogens with zero attached hydrogens (tertiary/aromatic N) is 2. The highest BCUT2D eigenvalue weighted by Gasteiger charge is 2.32. The number of para-hydroxylation sites is 1. The number of thiocarbonyl (C=S) groups is 1. The maximum absolute atomic E-state index is 12.7. The van der Waals surface area contributed by atoms with Crippen molar-refractivity contribution in [1.82, 2.24) is 0 Å². The summed E-state index contributed by atoms with van der Waals surface area (Å²) in [6.07, 6.45) is 4.83. The summed E-state index contributed by atoms with van der Waals surface area (Å²) in [5, 5.41) is 11.1. The van der Waals surface area contributed by atoms with E-state index < -0.39 is 4.92 Å². The third-order valence-electron chi connectivity index (χ3n) is 3.86. The van der Waals surface area contributed by atoms with Crippen molar-refractivity contribution in [2.75, 3.05) is 11.5 Å². The zero-order chi connectivity index (χ0) is 20.1. The lowest BCUT2D eigenvalue weighted by Gasteiger charge is -2.15. The second-order valence-corrected chi connectivity index (χ2v) is 7.32. The number of hydrogen-bond acceptors (Lipinski definition) is 6. The third kappa shape index (κ3) is 4.29. The molecule has 0 saturated carbocycles. The van der Waals surface area contributed by atoms with Gasteiger partial charge in [-0.15, -0.1) is 0 Å². The molecule has 3 rings (SSSR count). The standard InChI is InChI=1S/C20H16N2O4S2/c1-2-26-16-12-10-15(11-13-16)21-19(23)18(28-20(21)27)9-5-7-14-6-3-4-8-17(14)22(24)25/h3-13H,2H2,1H3/b7-5+,18-9-. The van der Waals surface area contributed by atoms with Crippen LogP contribution in [-0.2, 0) is 4.79 Å². The van der Waals surface area contributed by atoms with Crippen molar-refractivity contribution >= 4 is 51.7 Å². The minimum atomic E-state index is -0.439. The lowest BCUT2D eigenvalue weighted by molar-refractivity contribution is -0.385. The van der Waals surface area contributed by atoms with Crippen LogP contribution in [0.5, 0.6) is 5.75 Å². The van der Waals surface area contributed by atoms with Gasteiger partial charge < -0.3 is 4.74 Å². The highest BCUT2D eigenvalue weighted by atomic mass is 32.2. The van der Waals surface area contributed by atoms with E-state index in [0.29, 0.717) is 27.1 Å². The summed E-state index contributed by atoms with van der Waals surface area (Å²) in [6, 6.07) is 13.5. The molecule has 0 aromatic heterocycles. The van der Waals surface area contributed by atoms with E-state index in [2.05, 4.69) is 0 Å². The van der Waals surface area contributed by atoms with E-state index in [9.17, 15) is 14.9 Å². The number of ether oxygens (including phenoxy) is 1. The van der Waals surface area contributed by atoms with Crippen molar-refractivity contribution in [3.8, 4) is 5.75 Å². The molecule has 2 aromatic carbocycles. The summed E-state index contributed by atoms with van der Waals surface area (Å²) >= 11 is 6.53. The first-order chi connectivity index (χ1) is 13.5. The number of thioether (sulfide) groups is 1. The lowest BCUT2D eigenvalue weighted by atomic mass is 10.1. The fourth-order valence-electron chi connectivity index (χ4n) is 2.60. The number of hydrogen-bond donors (Lipinski definition) is 0. The van der Waals surface area contributed by atoms with Crippen LogP contribution in [0.15, 0.2) is 65.6 Å². The first-order valence-corrected chi connectivity index (χ1v) is 9.64. The minimum Gasteiger partial charge on any atom is -0.494 e. The van der Waals surface area contributed by atoms with Crippen molar-refractivity contribution < 1.29 is 14.5 Å². The second-order valence-electron chi connectivity index (χ2n) is 5.64. The topological polar surface area (TPSA) is 72.7 Å². The van der Waals surface area contributed by atoms with Gasteiger partial charge in [0.25, 0.3) is 11.6 Å². The molecule has 28 heavy (non-hydrogen) atoms. The van der Waals surface area contributed by atoms with Crippen LogP contribution >= 0.6 is 24.0 Å².